The van der Waals surface area contributed by atoms with Crippen LogP contribution in [-0.4, -0.2) is 39.1 Å². The maximum atomic E-state index is 4.82. The third-order valence-corrected chi connectivity index (χ3v) is 5.82. The number of rotatable bonds is 4. The minimum Gasteiger partial charge on any atom is -0.337 e. The van der Waals surface area contributed by atoms with Crippen LogP contribution < -0.4 is 5.32 Å². The Morgan fingerprint density at radius 2 is 2.35 bits per heavy atom. The van der Waals surface area contributed by atoms with E-state index in [0.717, 1.165) is 42.7 Å². The van der Waals surface area contributed by atoms with Crippen LogP contribution >= 0.6 is 22.7 Å². The lowest BCUT2D eigenvalue weighted by molar-refractivity contribution is 0.143. The van der Waals surface area contributed by atoms with Crippen molar-refractivity contribution in [1.82, 2.24) is 24.8 Å². The molecular formula is C16H19N5S2. The fourth-order valence-corrected chi connectivity index (χ4v) is 4.52. The van der Waals surface area contributed by atoms with Crippen LogP contribution in [0.25, 0.3) is 10.6 Å². The first-order valence-electron chi connectivity index (χ1n) is 7.70. The third-order valence-electron chi connectivity index (χ3n) is 4.20. The number of thiophene rings is 1. The van der Waals surface area contributed by atoms with Crippen molar-refractivity contribution in [2.75, 3.05) is 19.6 Å². The largest absolute Gasteiger partial charge is 0.337 e. The molecule has 3 aromatic rings. The SMILES string of the molecule is Cn1ccnc1C1CNCCN1Cc1csc(-c2ccsc2)n1. The minimum absolute atomic E-state index is 0.301. The number of aromatic nitrogens is 3. The molecule has 1 aliphatic rings. The van der Waals surface area contributed by atoms with E-state index in [9.17, 15) is 0 Å². The highest BCUT2D eigenvalue weighted by Crippen LogP contribution is 2.28. The Balaban J connectivity index is 1.53. The lowest BCUT2D eigenvalue weighted by Crippen LogP contribution is -2.46. The van der Waals surface area contributed by atoms with Gasteiger partial charge in [0.2, 0.25) is 0 Å². The average Bonchev–Trinajstić information content (AvgIpc) is 3.29. The van der Waals surface area contributed by atoms with Crippen LogP contribution in [0.15, 0.2) is 34.6 Å². The summed E-state index contributed by atoms with van der Waals surface area (Å²) in [6, 6.07) is 2.43. The Morgan fingerprint density at radius 3 is 3.13 bits per heavy atom. The van der Waals surface area contributed by atoms with Gasteiger partial charge in [-0.1, -0.05) is 0 Å². The number of imidazole rings is 1. The summed E-state index contributed by atoms with van der Waals surface area (Å²) in [5.41, 5.74) is 2.38. The molecule has 3 aromatic heterocycles. The zero-order chi connectivity index (χ0) is 15.6. The molecule has 1 aliphatic heterocycles. The zero-order valence-corrected chi connectivity index (χ0v) is 14.6. The molecule has 0 radical (unpaired) electrons. The summed E-state index contributed by atoms with van der Waals surface area (Å²) in [5, 5.41) is 11.0. The number of nitrogens with one attached hydrogen (secondary N) is 1. The molecule has 1 N–H and O–H groups in total. The van der Waals surface area contributed by atoms with Crippen LogP contribution in [0.5, 0.6) is 0 Å². The van der Waals surface area contributed by atoms with Crippen molar-refractivity contribution in [2.24, 2.45) is 7.05 Å². The topological polar surface area (TPSA) is 46.0 Å². The molecule has 23 heavy (non-hydrogen) atoms. The first kappa shape index (κ1) is 15.0. The van der Waals surface area contributed by atoms with Crippen LogP contribution in [0.2, 0.25) is 0 Å². The standard InChI is InChI=1S/C16H19N5S2/c1-20-5-4-18-15(20)14-8-17-3-6-21(14)9-13-11-23-16(19-13)12-2-7-22-10-12/h2,4-5,7,10-11,14,17H,3,6,8-9H2,1H3. The smallest absolute Gasteiger partial charge is 0.127 e. The van der Waals surface area contributed by atoms with Gasteiger partial charge in [-0.15, -0.1) is 11.3 Å². The van der Waals surface area contributed by atoms with Gasteiger partial charge < -0.3 is 9.88 Å². The quantitative estimate of drug-likeness (QED) is 0.790. The predicted molar refractivity (Wildman–Crippen MR) is 94.7 cm³/mol. The molecule has 0 spiro atoms. The molecule has 4 rings (SSSR count). The van der Waals surface area contributed by atoms with Gasteiger partial charge >= 0.3 is 0 Å². The first-order chi connectivity index (χ1) is 11.3. The summed E-state index contributed by atoms with van der Waals surface area (Å²) in [4.78, 5) is 11.8. The minimum atomic E-state index is 0.301. The lowest BCUT2D eigenvalue weighted by Gasteiger charge is -2.35. The molecule has 7 heteroatoms. The molecule has 4 heterocycles. The van der Waals surface area contributed by atoms with Gasteiger partial charge in [-0.25, -0.2) is 9.97 Å². The maximum Gasteiger partial charge on any atom is 0.127 e. The highest BCUT2D eigenvalue weighted by Gasteiger charge is 2.27. The van der Waals surface area contributed by atoms with Gasteiger partial charge in [0.25, 0.3) is 0 Å². The molecule has 120 valence electrons. The summed E-state index contributed by atoms with van der Waals surface area (Å²) in [6.45, 7) is 3.84. The van der Waals surface area contributed by atoms with E-state index in [2.05, 4.69) is 49.0 Å². The van der Waals surface area contributed by atoms with Gasteiger partial charge in [0, 0.05) is 61.9 Å². The van der Waals surface area contributed by atoms with E-state index >= 15 is 0 Å². The van der Waals surface area contributed by atoms with Crippen LogP contribution in [-0.2, 0) is 13.6 Å². The Morgan fingerprint density at radius 1 is 1.39 bits per heavy atom. The predicted octanol–water partition coefficient (Wildman–Crippen LogP) is 2.75. The lowest BCUT2D eigenvalue weighted by atomic mass is 10.1. The normalized spacial score (nSPS) is 19.3. The summed E-state index contributed by atoms with van der Waals surface area (Å²) >= 11 is 3.45. The molecule has 1 fully saturated rings. The van der Waals surface area contributed by atoms with Gasteiger partial charge in [0.05, 0.1) is 11.7 Å². The number of nitrogens with zero attached hydrogens (tertiary/aromatic N) is 4. The maximum absolute atomic E-state index is 4.82. The molecular weight excluding hydrogens is 326 g/mol. The van der Waals surface area contributed by atoms with Crippen molar-refractivity contribution < 1.29 is 0 Å². The van der Waals surface area contributed by atoms with E-state index in [0.29, 0.717) is 6.04 Å². The van der Waals surface area contributed by atoms with E-state index in [4.69, 9.17) is 4.98 Å². The summed E-state index contributed by atoms with van der Waals surface area (Å²) < 4.78 is 2.11. The highest BCUT2D eigenvalue weighted by atomic mass is 32.1. The summed E-state index contributed by atoms with van der Waals surface area (Å²) in [5.74, 6) is 1.12. The Kier molecular flexibility index (Phi) is 4.26. The molecule has 1 unspecified atom stereocenters. The van der Waals surface area contributed by atoms with Crippen molar-refractivity contribution in [3.63, 3.8) is 0 Å². The van der Waals surface area contributed by atoms with E-state index in [1.54, 1.807) is 22.7 Å². The fourth-order valence-electron chi connectivity index (χ4n) is 2.99. The van der Waals surface area contributed by atoms with Gasteiger partial charge in [0.1, 0.15) is 10.8 Å². The Bertz CT molecular complexity index is 761. The van der Waals surface area contributed by atoms with Crippen LogP contribution in [0.4, 0.5) is 0 Å². The molecule has 1 atom stereocenters. The van der Waals surface area contributed by atoms with Crippen LogP contribution in [0.1, 0.15) is 17.6 Å². The number of hydrogen-bond acceptors (Lipinski definition) is 6. The van der Waals surface area contributed by atoms with E-state index in [1.807, 2.05) is 12.4 Å². The van der Waals surface area contributed by atoms with Crippen molar-refractivity contribution in [2.45, 2.75) is 12.6 Å². The van der Waals surface area contributed by atoms with Crippen LogP contribution in [0, 0.1) is 0 Å². The average molecular weight is 345 g/mol. The second-order valence-electron chi connectivity index (χ2n) is 5.74. The number of aryl methyl sites for hydroxylation is 1. The molecule has 0 aliphatic carbocycles. The molecule has 0 amide bonds. The second kappa shape index (κ2) is 6.52. The monoisotopic (exact) mass is 345 g/mol. The second-order valence-corrected chi connectivity index (χ2v) is 7.38. The van der Waals surface area contributed by atoms with Gasteiger partial charge in [0.15, 0.2) is 0 Å². The summed E-state index contributed by atoms with van der Waals surface area (Å²) in [7, 11) is 2.06. The fraction of sp³-hybridized carbons (Fsp3) is 0.375. The third kappa shape index (κ3) is 3.10. The first-order valence-corrected chi connectivity index (χ1v) is 9.52. The number of hydrogen-bond donors (Lipinski definition) is 1. The van der Waals surface area contributed by atoms with Crippen molar-refractivity contribution in [1.29, 1.82) is 0 Å². The zero-order valence-electron chi connectivity index (χ0n) is 13.0. The van der Waals surface area contributed by atoms with E-state index < -0.39 is 0 Å². The van der Waals surface area contributed by atoms with Crippen LogP contribution in [0.3, 0.4) is 0 Å². The highest BCUT2D eigenvalue weighted by molar-refractivity contribution is 7.14. The summed E-state index contributed by atoms with van der Waals surface area (Å²) in [6.07, 6.45) is 3.89. The van der Waals surface area contributed by atoms with Gasteiger partial charge in [-0.3, -0.25) is 4.90 Å². The van der Waals surface area contributed by atoms with Gasteiger partial charge in [-0.05, 0) is 11.4 Å². The Labute approximate surface area is 143 Å². The van der Waals surface area contributed by atoms with Crippen molar-refractivity contribution in [3.8, 4) is 10.6 Å². The number of thiazole rings is 1. The molecule has 1 saturated heterocycles. The Hall–Kier alpha value is -1.54. The molecule has 0 saturated carbocycles. The van der Waals surface area contributed by atoms with Crippen molar-refractivity contribution in [3.05, 3.63) is 46.1 Å². The number of piperazine rings is 1. The van der Waals surface area contributed by atoms with Crippen molar-refractivity contribution >= 4 is 22.7 Å². The van der Waals surface area contributed by atoms with E-state index in [1.165, 1.54) is 5.56 Å². The van der Waals surface area contributed by atoms with E-state index in [-0.39, 0.29) is 0 Å². The molecule has 0 aromatic carbocycles. The van der Waals surface area contributed by atoms with Gasteiger partial charge in [-0.2, -0.15) is 11.3 Å². The molecule has 0 bridgehead atoms. The molecule has 5 nitrogen and oxygen atoms in total.